The molecule has 0 radical (unpaired) electrons. The minimum absolute atomic E-state index is 0.123. The maximum Gasteiger partial charge on any atom is 0.141 e. The van der Waals surface area contributed by atoms with E-state index in [-0.39, 0.29) is 12.2 Å². The molecule has 0 heterocycles. The molecule has 68 valence electrons. The van der Waals surface area contributed by atoms with E-state index in [4.69, 9.17) is 5.26 Å². The number of aryl methyl sites for hydroxylation is 1. The minimum atomic E-state index is -0.315. The highest BCUT2D eigenvalue weighted by Crippen LogP contribution is 2.25. The largest absolute Gasteiger partial charge is 0.205 e. The van der Waals surface area contributed by atoms with Crippen LogP contribution in [-0.4, -0.2) is 0 Å². The number of nitrogens with zero attached hydrogens (tertiary/aromatic N) is 1. The van der Waals surface area contributed by atoms with Gasteiger partial charge >= 0.3 is 0 Å². The number of benzene rings is 1. The van der Waals surface area contributed by atoms with Gasteiger partial charge in [-0.25, -0.2) is 4.39 Å². The number of hydrogen-bond acceptors (Lipinski definition) is 1. The van der Waals surface area contributed by atoms with Crippen LogP contribution in [-0.2, 0) is 6.42 Å². The fourth-order valence-electron chi connectivity index (χ4n) is 1.20. The molecule has 0 spiro atoms. The predicted octanol–water partition coefficient (Wildman–Crippen LogP) is 3.27. The lowest BCUT2D eigenvalue weighted by molar-refractivity contribution is 0.606. The predicted molar refractivity (Wildman–Crippen MR) is 52.9 cm³/mol. The van der Waals surface area contributed by atoms with Gasteiger partial charge < -0.3 is 0 Å². The van der Waals surface area contributed by atoms with Crippen LogP contribution in [0.3, 0.4) is 0 Å². The molecular weight excluding hydrogens is 233 g/mol. The molecule has 0 unspecified atom stereocenters. The number of hydrogen-bond donors (Lipinski definition) is 0. The highest BCUT2D eigenvalue weighted by Gasteiger charge is 2.11. The first kappa shape index (κ1) is 10.2. The van der Waals surface area contributed by atoms with Crippen LogP contribution in [0.2, 0.25) is 0 Å². The van der Waals surface area contributed by atoms with Crippen molar-refractivity contribution in [2.75, 3.05) is 0 Å². The van der Waals surface area contributed by atoms with Crippen LogP contribution in [0.15, 0.2) is 10.5 Å². The topological polar surface area (TPSA) is 23.8 Å². The molecule has 3 heteroatoms. The van der Waals surface area contributed by atoms with Gasteiger partial charge in [-0.05, 0) is 47.0 Å². The fraction of sp³-hybridized carbons (Fsp3) is 0.300. The zero-order chi connectivity index (χ0) is 10.0. The number of nitriles is 1. The first-order chi connectivity index (χ1) is 6.07. The van der Waals surface area contributed by atoms with Crippen LogP contribution in [0.25, 0.3) is 0 Å². The molecule has 0 saturated heterocycles. The maximum absolute atomic E-state index is 13.4. The molecule has 0 atom stereocenters. The van der Waals surface area contributed by atoms with Gasteiger partial charge in [-0.3, -0.25) is 0 Å². The molecule has 0 saturated carbocycles. The monoisotopic (exact) mass is 241 g/mol. The van der Waals surface area contributed by atoms with Crippen molar-refractivity contribution in [2.24, 2.45) is 0 Å². The molecule has 1 aromatic carbocycles. The van der Waals surface area contributed by atoms with Gasteiger partial charge in [0.2, 0.25) is 0 Å². The molecule has 1 aromatic rings. The van der Waals surface area contributed by atoms with Gasteiger partial charge in [-0.1, -0.05) is 0 Å². The highest BCUT2D eigenvalue weighted by atomic mass is 79.9. The Morgan fingerprint density at radius 1 is 1.54 bits per heavy atom. The molecule has 0 N–H and O–H groups in total. The summed E-state index contributed by atoms with van der Waals surface area (Å²) in [6.45, 7) is 3.73. The molecule has 0 fully saturated rings. The number of rotatable bonds is 1. The standard InChI is InChI=1S/C10H9BrFN/c1-6-5-9(11)10(12)8(3-4-13)7(6)2/h5H,3H2,1-2H3. The SMILES string of the molecule is Cc1cc(Br)c(F)c(CC#N)c1C. The van der Waals surface area contributed by atoms with Crippen LogP contribution in [0.5, 0.6) is 0 Å². The zero-order valence-corrected chi connectivity index (χ0v) is 9.07. The van der Waals surface area contributed by atoms with E-state index in [1.807, 2.05) is 19.9 Å². The summed E-state index contributed by atoms with van der Waals surface area (Å²) < 4.78 is 13.9. The first-order valence-corrected chi connectivity index (χ1v) is 4.68. The van der Waals surface area contributed by atoms with E-state index in [1.54, 1.807) is 6.07 Å². The Bertz CT molecular complexity index is 353. The van der Waals surface area contributed by atoms with Gasteiger partial charge in [0.05, 0.1) is 17.0 Å². The number of halogens is 2. The average molecular weight is 242 g/mol. The normalized spacial score (nSPS) is 9.77. The lowest BCUT2D eigenvalue weighted by Gasteiger charge is -2.08. The van der Waals surface area contributed by atoms with E-state index >= 15 is 0 Å². The second kappa shape index (κ2) is 3.89. The van der Waals surface area contributed by atoms with Crippen molar-refractivity contribution in [3.8, 4) is 6.07 Å². The summed E-state index contributed by atoms with van der Waals surface area (Å²) in [5, 5.41) is 8.52. The van der Waals surface area contributed by atoms with Crippen LogP contribution < -0.4 is 0 Å². The summed E-state index contributed by atoms with van der Waals surface area (Å²) in [7, 11) is 0. The molecule has 0 aliphatic rings. The smallest absolute Gasteiger partial charge is 0.141 e. The Morgan fingerprint density at radius 2 is 2.15 bits per heavy atom. The van der Waals surface area contributed by atoms with Gasteiger partial charge in [0.15, 0.2) is 0 Å². The van der Waals surface area contributed by atoms with Crippen LogP contribution in [0.4, 0.5) is 4.39 Å². The molecule has 0 aliphatic carbocycles. The molecule has 0 aliphatic heterocycles. The third-order valence-corrected chi connectivity index (χ3v) is 2.69. The Morgan fingerprint density at radius 3 is 2.69 bits per heavy atom. The van der Waals surface area contributed by atoms with Crippen LogP contribution in [0, 0.1) is 31.0 Å². The summed E-state index contributed by atoms with van der Waals surface area (Å²) in [5.41, 5.74) is 2.36. The molecule has 0 amide bonds. The van der Waals surface area contributed by atoms with Crippen LogP contribution in [0.1, 0.15) is 16.7 Å². The van der Waals surface area contributed by atoms with E-state index in [0.717, 1.165) is 11.1 Å². The third kappa shape index (κ3) is 1.89. The molecular formula is C10H9BrFN. The lowest BCUT2D eigenvalue weighted by Crippen LogP contribution is -1.97. The fourth-order valence-corrected chi connectivity index (χ4v) is 1.78. The second-order valence-corrected chi connectivity index (χ2v) is 3.78. The minimum Gasteiger partial charge on any atom is -0.205 e. The van der Waals surface area contributed by atoms with E-state index in [0.29, 0.717) is 10.0 Å². The zero-order valence-electron chi connectivity index (χ0n) is 7.49. The molecule has 13 heavy (non-hydrogen) atoms. The van der Waals surface area contributed by atoms with Gasteiger partial charge in [-0.2, -0.15) is 5.26 Å². The molecule has 1 nitrogen and oxygen atoms in total. The summed E-state index contributed by atoms with van der Waals surface area (Å²) in [4.78, 5) is 0. The van der Waals surface area contributed by atoms with Gasteiger partial charge in [0.25, 0.3) is 0 Å². The van der Waals surface area contributed by atoms with Crippen molar-refractivity contribution in [3.05, 3.63) is 33.0 Å². The van der Waals surface area contributed by atoms with Crippen molar-refractivity contribution >= 4 is 15.9 Å². The van der Waals surface area contributed by atoms with Crippen molar-refractivity contribution < 1.29 is 4.39 Å². The summed E-state index contributed by atoms with van der Waals surface area (Å²) in [6, 6.07) is 3.69. The second-order valence-electron chi connectivity index (χ2n) is 2.93. The highest BCUT2D eigenvalue weighted by molar-refractivity contribution is 9.10. The van der Waals surface area contributed by atoms with E-state index in [1.165, 1.54) is 0 Å². The van der Waals surface area contributed by atoms with Gasteiger partial charge in [-0.15, -0.1) is 0 Å². The third-order valence-electron chi connectivity index (χ3n) is 2.12. The van der Waals surface area contributed by atoms with E-state index in [2.05, 4.69) is 15.9 Å². The summed E-state index contributed by atoms with van der Waals surface area (Å²) in [5.74, 6) is -0.315. The molecule has 0 bridgehead atoms. The lowest BCUT2D eigenvalue weighted by atomic mass is 10.0. The first-order valence-electron chi connectivity index (χ1n) is 3.89. The maximum atomic E-state index is 13.4. The van der Waals surface area contributed by atoms with Crippen molar-refractivity contribution in [2.45, 2.75) is 20.3 Å². The van der Waals surface area contributed by atoms with E-state index in [9.17, 15) is 4.39 Å². The van der Waals surface area contributed by atoms with Crippen molar-refractivity contribution in [1.29, 1.82) is 5.26 Å². The Hall–Kier alpha value is -0.880. The molecule has 1 rings (SSSR count). The van der Waals surface area contributed by atoms with Gasteiger partial charge in [0, 0.05) is 5.56 Å². The Balaban J connectivity index is 3.39. The van der Waals surface area contributed by atoms with Crippen molar-refractivity contribution in [3.63, 3.8) is 0 Å². The average Bonchev–Trinajstić information content (AvgIpc) is 2.09. The summed E-state index contributed by atoms with van der Waals surface area (Å²) >= 11 is 3.12. The van der Waals surface area contributed by atoms with Gasteiger partial charge in [0.1, 0.15) is 5.82 Å². The van der Waals surface area contributed by atoms with Crippen LogP contribution >= 0.6 is 15.9 Å². The quantitative estimate of drug-likeness (QED) is 0.741. The van der Waals surface area contributed by atoms with E-state index < -0.39 is 0 Å². The summed E-state index contributed by atoms with van der Waals surface area (Å²) in [6.07, 6.45) is 0.123. The molecule has 0 aromatic heterocycles. The Kier molecular flexibility index (Phi) is 3.05. The Labute approximate surface area is 85.3 Å². The van der Waals surface area contributed by atoms with Crippen molar-refractivity contribution in [1.82, 2.24) is 0 Å².